The highest BCUT2D eigenvalue weighted by Crippen LogP contribution is 2.19. The van der Waals surface area contributed by atoms with Crippen LogP contribution in [0.15, 0.2) is 24.4 Å². The maximum Gasteiger partial charge on any atom is 0.147 e. The standard InChI is InChI=1S/C16H21FN4/c1-11(2)15-10-21(6-5-18-15)16-9-19-14-7-12(8-17)3-4-13(14)20-16/h3-4,7,9,11,15,18H,5-6,8,10H2,1-2H3. The summed E-state index contributed by atoms with van der Waals surface area (Å²) in [4.78, 5) is 11.4. The molecule has 0 amide bonds. The highest BCUT2D eigenvalue weighted by Gasteiger charge is 2.22. The van der Waals surface area contributed by atoms with E-state index in [9.17, 15) is 4.39 Å². The first-order valence-corrected chi connectivity index (χ1v) is 7.47. The fraction of sp³-hybridized carbons (Fsp3) is 0.500. The second-order valence-corrected chi connectivity index (χ2v) is 5.94. The summed E-state index contributed by atoms with van der Waals surface area (Å²) < 4.78 is 12.7. The van der Waals surface area contributed by atoms with Crippen molar-refractivity contribution in [2.75, 3.05) is 24.5 Å². The van der Waals surface area contributed by atoms with Gasteiger partial charge in [0.25, 0.3) is 0 Å². The first-order chi connectivity index (χ1) is 10.2. The first-order valence-electron chi connectivity index (χ1n) is 7.47. The number of alkyl halides is 1. The largest absolute Gasteiger partial charge is 0.352 e. The lowest BCUT2D eigenvalue weighted by molar-refractivity contribution is 0.367. The van der Waals surface area contributed by atoms with Gasteiger partial charge in [-0.25, -0.2) is 9.37 Å². The summed E-state index contributed by atoms with van der Waals surface area (Å²) in [6.45, 7) is 6.83. The molecule has 4 nitrogen and oxygen atoms in total. The van der Waals surface area contributed by atoms with Crippen molar-refractivity contribution in [3.8, 4) is 0 Å². The Balaban J connectivity index is 1.86. The Bertz CT molecular complexity index is 629. The van der Waals surface area contributed by atoms with Crippen molar-refractivity contribution in [2.24, 2.45) is 5.92 Å². The monoisotopic (exact) mass is 288 g/mol. The average Bonchev–Trinajstić information content (AvgIpc) is 2.54. The van der Waals surface area contributed by atoms with Crippen molar-refractivity contribution in [1.29, 1.82) is 0 Å². The van der Waals surface area contributed by atoms with Gasteiger partial charge in [-0.3, -0.25) is 4.98 Å². The Kier molecular flexibility index (Phi) is 4.01. The van der Waals surface area contributed by atoms with Crippen LogP contribution in [0.5, 0.6) is 0 Å². The predicted molar refractivity (Wildman–Crippen MR) is 83.2 cm³/mol. The predicted octanol–water partition coefficient (Wildman–Crippen LogP) is 2.53. The Labute approximate surface area is 124 Å². The zero-order valence-electron chi connectivity index (χ0n) is 12.5. The number of aromatic nitrogens is 2. The smallest absolute Gasteiger partial charge is 0.147 e. The van der Waals surface area contributed by atoms with E-state index in [1.165, 1.54) is 0 Å². The molecule has 0 bridgehead atoms. The first kappa shape index (κ1) is 14.2. The van der Waals surface area contributed by atoms with Gasteiger partial charge in [-0.15, -0.1) is 0 Å². The number of fused-ring (bicyclic) bond motifs is 1. The fourth-order valence-corrected chi connectivity index (χ4v) is 2.71. The third-order valence-corrected chi connectivity index (χ3v) is 4.08. The van der Waals surface area contributed by atoms with E-state index in [1.54, 1.807) is 18.3 Å². The molecule has 2 heterocycles. The van der Waals surface area contributed by atoms with E-state index in [0.29, 0.717) is 17.5 Å². The molecule has 0 radical (unpaired) electrons. The number of nitrogens with zero attached hydrogens (tertiary/aromatic N) is 3. The number of piperazine rings is 1. The summed E-state index contributed by atoms with van der Waals surface area (Å²) in [5.74, 6) is 1.50. The molecule has 1 aromatic heterocycles. The van der Waals surface area contributed by atoms with E-state index in [4.69, 9.17) is 0 Å². The minimum atomic E-state index is -0.465. The average molecular weight is 288 g/mol. The lowest BCUT2D eigenvalue weighted by Crippen LogP contribution is -2.53. The molecule has 5 heteroatoms. The molecule has 1 aliphatic rings. The van der Waals surface area contributed by atoms with Crippen molar-refractivity contribution in [3.63, 3.8) is 0 Å². The molecule has 0 saturated carbocycles. The SMILES string of the molecule is CC(C)C1CN(c2cnc3cc(CF)ccc3n2)CCN1. The molecule has 1 atom stereocenters. The molecule has 1 fully saturated rings. The number of halogens is 1. The molecule has 1 saturated heterocycles. The van der Waals surface area contributed by atoms with Gasteiger partial charge in [0, 0.05) is 25.7 Å². The van der Waals surface area contributed by atoms with Crippen molar-refractivity contribution < 1.29 is 4.39 Å². The molecule has 0 spiro atoms. The van der Waals surface area contributed by atoms with Crippen LogP contribution in [0, 0.1) is 5.92 Å². The van der Waals surface area contributed by atoms with Gasteiger partial charge in [-0.2, -0.15) is 0 Å². The fourth-order valence-electron chi connectivity index (χ4n) is 2.71. The number of hydrogen-bond acceptors (Lipinski definition) is 4. The van der Waals surface area contributed by atoms with E-state index in [-0.39, 0.29) is 0 Å². The lowest BCUT2D eigenvalue weighted by Gasteiger charge is -2.36. The molecule has 112 valence electrons. The zero-order chi connectivity index (χ0) is 14.8. The number of nitrogens with one attached hydrogen (secondary N) is 1. The number of benzene rings is 1. The van der Waals surface area contributed by atoms with Crippen LogP contribution in [0.3, 0.4) is 0 Å². The summed E-state index contributed by atoms with van der Waals surface area (Å²) in [6, 6.07) is 5.87. The van der Waals surface area contributed by atoms with Crippen molar-refractivity contribution >= 4 is 16.9 Å². The van der Waals surface area contributed by atoms with Gasteiger partial charge in [0.05, 0.1) is 17.2 Å². The molecule has 1 unspecified atom stereocenters. The van der Waals surface area contributed by atoms with Crippen LogP contribution < -0.4 is 10.2 Å². The van der Waals surface area contributed by atoms with Crippen molar-refractivity contribution in [2.45, 2.75) is 26.6 Å². The molecular formula is C16H21FN4. The Morgan fingerprint density at radius 3 is 3.00 bits per heavy atom. The Hall–Kier alpha value is -1.75. The summed E-state index contributed by atoms with van der Waals surface area (Å²) in [5, 5.41) is 3.54. The number of hydrogen-bond donors (Lipinski definition) is 1. The summed E-state index contributed by atoms with van der Waals surface area (Å²) in [7, 11) is 0. The molecule has 21 heavy (non-hydrogen) atoms. The maximum atomic E-state index is 12.7. The van der Waals surface area contributed by atoms with Crippen LogP contribution in [-0.2, 0) is 6.67 Å². The molecule has 1 aromatic carbocycles. The number of rotatable bonds is 3. The van der Waals surface area contributed by atoms with E-state index in [1.807, 2.05) is 6.07 Å². The van der Waals surface area contributed by atoms with Crippen LogP contribution in [-0.4, -0.2) is 35.6 Å². The summed E-state index contributed by atoms with van der Waals surface area (Å²) in [5.41, 5.74) is 2.22. The van der Waals surface area contributed by atoms with Crippen LogP contribution >= 0.6 is 0 Å². The Morgan fingerprint density at radius 1 is 1.38 bits per heavy atom. The van der Waals surface area contributed by atoms with E-state index >= 15 is 0 Å². The highest BCUT2D eigenvalue weighted by molar-refractivity contribution is 5.76. The topological polar surface area (TPSA) is 41.1 Å². The molecule has 2 aromatic rings. The summed E-state index contributed by atoms with van der Waals surface area (Å²) in [6.07, 6.45) is 1.80. The van der Waals surface area contributed by atoms with Gasteiger partial charge in [-0.1, -0.05) is 19.9 Å². The zero-order valence-corrected chi connectivity index (χ0v) is 12.5. The van der Waals surface area contributed by atoms with E-state index in [0.717, 1.165) is 36.5 Å². The van der Waals surface area contributed by atoms with Crippen LogP contribution in [0.4, 0.5) is 10.2 Å². The van der Waals surface area contributed by atoms with Gasteiger partial charge in [0.1, 0.15) is 12.5 Å². The normalized spacial score (nSPS) is 19.4. The maximum absolute atomic E-state index is 12.7. The second-order valence-electron chi connectivity index (χ2n) is 5.94. The van der Waals surface area contributed by atoms with Gasteiger partial charge in [-0.05, 0) is 23.6 Å². The van der Waals surface area contributed by atoms with E-state index in [2.05, 4.69) is 34.0 Å². The van der Waals surface area contributed by atoms with Crippen molar-refractivity contribution in [3.05, 3.63) is 30.0 Å². The van der Waals surface area contributed by atoms with Crippen LogP contribution in [0.1, 0.15) is 19.4 Å². The molecule has 1 N–H and O–H groups in total. The quantitative estimate of drug-likeness (QED) is 0.942. The number of anilines is 1. The van der Waals surface area contributed by atoms with Gasteiger partial charge in [0.15, 0.2) is 0 Å². The summed E-state index contributed by atoms with van der Waals surface area (Å²) >= 11 is 0. The van der Waals surface area contributed by atoms with Crippen LogP contribution in [0.2, 0.25) is 0 Å². The molecular weight excluding hydrogens is 267 g/mol. The molecule has 0 aliphatic carbocycles. The second kappa shape index (κ2) is 5.93. The molecule has 3 rings (SSSR count). The minimum absolute atomic E-state index is 0.465. The third-order valence-electron chi connectivity index (χ3n) is 4.08. The van der Waals surface area contributed by atoms with Gasteiger partial charge >= 0.3 is 0 Å². The van der Waals surface area contributed by atoms with Gasteiger partial charge < -0.3 is 10.2 Å². The highest BCUT2D eigenvalue weighted by atomic mass is 19.1. The lowest BCUT2D eigenvalue weighted by atomic mass is 10.0. The molecule has 1 aliphatic heterocycles. The van der Waals surface area contributed by atoms with Crippen LogP contribution in [0.25, 0.3) is 11.0 Å². The minimum Gasteiger partial charge on any atom is -0.352 e. The Morgan fingerprint density at radius 2 is 2.24 bits per heavy atom. The van der Waals surface area contributed by atoms with E-state index < -0.39 is 6.67 Å². The van der Waals surface area contributed by atoms with Gasteiger partial charge in [0.2, 0.25) is 0 Å². The third kappa shape index (κ3) is 2.97. The van der Waals surface area contributed by atoms with Crippen molar-refractivity contribution in [1.82, 2.24) is 15.3 Å².